The first kappa shape index (κ1) is 11.4. The molecule has 88 valence electrons. The van der Waals surface area contributed by atoms with Crippen molar-refractivity contribution >= 4 is 5.97 Å². The minimum Gasteiger partial charge on any atom is -0.461 e. The molecule has 0 aliphatic carbocycles. The third-order valence-corrected chi connectivity index (χ3v) is 2.43. The minimum atomic E-state index is -0.384. The third kappa shape index (κ3) is 2.36. The molecule has 0 bridgehead atoms. The SMILES string of the molecule is CCOC(=O)c1cc(-c2ccccc2)n(C)n1. The van der Waals surface area contributed by atoms with Crippen molar-refractivity contribution in [3.63, 3.8) is 0 Å². The second kappa shape index (κ2) is 4.82. The molecule has 0 N–H and O–H groups in total. The van der Waals surface area contributed by atoms with E-state index in [4.69, 9.17) is 4.74 Å². The summed E-state index contributed by atoms with van der Waals surface area (Å²) in [6.07, 6.45) is 0. The van der Waals surface area contributed by atoms with Gasteiger partial charge in [-0.25, -0.2) is 4.79 Å². The largest absolute Gasteiger partial charge is 0.461 e. The second-order valence-corrected chi connectivity index (χ2v) is 3.62. The van der Waals surface area contributed by atoms with Crippen molar-refractivity contribution in [3.05, 3.63) is 42.1 Å². The van der Waals surface area contributed by atoms with E-state index < -0.39 is 0 Å². The van der Waals surface area contributed by atoms with Crippen LogP contribution < -0.4 is 0 Å². The van der Waals surface area contributed by atoms with E-state index in [0.29, 0.717) is 12.3 Å². The maximum atomic E-state index is 11.5. The Bertz CT molecular complexity index is 517. The predicted octanol–water partition coefficient (Wildman–Crippen LogP) is 2.26. The Morgan fingerprint density at radius 3 is 2.71 bits per heavy atom. The van der Waals surface area contributed by atoms with Crippen LogP contribution in [0.2, 0.25) is 0 Å². The standard InChI is InChI=1S/C13H14N2O2/c1-3-17-13(16)11-9-12(15(2)14-11)10-7-5-4-6-8-10/h4-9H,3H2,1-2H3. The molecular formula is C13H14N2O2. The van der Waals surface area contributed by atoms with Gasteiger partial charge in [-0.2, -0.15) is 5.10 Å². The number of nitrogens with zero attached hydrogens (tertiary/aromatic N) is 2. The van der Waals surface area contributed by atoms with Gasteiger partial charge in [-0.1, -0.05) is 30.3 Å². The molecule has 0 radical (unpaired) electrons. The van der Waals surface area contributed by atoms with E-state index in [1.165, 1.54) is 0 Å². The molecule has 0 amide bonds. The number of rotatable bonds is 3. The number of aromatic nitrogens is 2. The Morgan fingerprint density at radius 1 is 1.35 bits per heavy atom. The molecule has 0 atom stereocenters. The molecule has 17 heavy (non-hydrogen) atoms. The maximum Gasteiger partial charge on any atom is 0.358 e. The highest BCUT2D eigenvalue weighted by Crippen LogP contribution is 2.19. The van der Waals surface area contributed by atoms with Crippen LogP contribution in [0.4, 0.5) is 0 Å². The van der Waals surface area contributed by atoms with E-state index in [9.17, 15) is 4.79 Å². The van der Waals surface area contributed by atoms with E-state index in [2.05, 4.69) is 5.10 Å². The number of hydrogen-bond donors (Lipinski definition) is 0. The van der Waals surface area contributed by atoms with E-state index in [1.54, 1.807) is 17.7 Å². The Balaban J connectivity index is 2.35. The molecule has 4 nitrogen and oxygen atoms in total. The van der Waals surface area contributed by atoms with E-state index in [1.807, 2.05) is 37.4 Å². The van der Waals surface area contributed by atoms with Gasteiger partial charge >= 0.3 is 5.97 Å². The molecular weight excluding hydrogens is 216 g/mol. The van der Waals surface area contributed by atoms with Crippen LogP contribution in [-0.2, 0) is 11.8 Å². The Labute approximate surface area is 99.8 Å². The van der Waals surface area contributed by atoms with Gasteiger partial charge in [0.25, 0.3) is 0 Å². The number of hydrogen-bond acceptors (Lipinski definition) is 3. The highest BCUT2D eigenvalue weighted by Gasteiger charge is 2.14. The number of esters is 1. The summed E-state index contributed by atoms with van der Waals surface area (Å²) >= 11 is 0. The predicted molar refractivity (Wildman–Crippen MR) is 64.6 cm³/mol. The van der Waals surface area contributed by atoms with Crippen molar-refractivity contribution in [2.24, 2.45) is 7.05 Å². The summed E-state index contributed by atoms with van der Waals surface area (Å²) in [4.78, 5) is 11.5. The zero-order valence-electron chi connectivity index (χ0n) is 9.88. The van der Waals surface area contributed by atoms with Gasteiger partial charge in [0.2, 0.25) is 0 Å². The number of carbonyl (C=O) groups is 1. The van der Waals surface area contributed by atoms with Crippen molar-refractivity contribution in [1.82, 2.24) is 9.78 Å². The Morgan fingerprint density at radius 2 is 2.06 bits per heavy atom. The van der Waals surface area contributed by atoms with Crippen LogP contribution in [0.15, 0.2) is 36.4 Å². The molecule has 2 rings (SSSR count). The zero-order chi connectivity index (χ0) is 12.3. The molecule has 0 saturated heterocycles. The van der Waals surface area contributed by atoms with Crippen LogP contribution >= 0.6 is 0 Å². The first-order valence-corrected chi connectivity index (χ1v) is 5.49. The van der Waals surface area contributed by atoms with Crippen LogP contribution in [0.25, 0.3) is 11.3 Å². The Kier molecular flexibility index (Phi) is 3.23. The van der Waals surface area contributed by atoms with Gasteiger partial charge < -0.3 is 4.74 Å². The molecule has 1 heterocycles. The van der Waals surface area contributed by atoms with Crippen molar-refractivity contribution in [2.75, 3.05) is 6.61 Å². The number of ether oxygens (including phenoxy) is 1. The average Bonchev–Trinajstić information content (AvgIpc) is 2.73. The maximum absolute atomic E-state index is 11.5. The van der Waals surface area contributed by atoms with Gasteiger partial charge in [-0.05, 0) is 18.6 Å². The molecule has 2 aromatic rings. The summed E-state index contributed by atoms with van der Waals surface area (Å²) in [5, 5.41) is 4.15. The van der Waals surface area contributed by atoms with E-state index in [0.717, 1.165) is 11.3 Å². The molecule has 0 saturated carbocycles. The smallest absolute Gasteiger partial charge is 0.358 e. The number of benzene rings is 1. The van der Waals surface area contributed by atoms with Crippen molar-refractivity contribution < 1.29 is 9.53 Å². The van der Waals surface area contributed by atoms with Crippen LogP contribution in [0.3, 0.4) is 0 Å². The first-order chi connectivity index (χ1) is 8.22. The fourth-order valence-electron chi connectivity index (χ4n) is 1.65. The van der Waals surface area contributed by atoms with Crippen LogP contribution in [-0.4, -0.2) is 22.4 Å². The van der Waals surface area contributed by atoms with Crippen molar-refractivity contribution in [2.45, 2.75) is 6.92 Å². The molecule has 1 aromatic carbocycles. The van der Waals surface area contributed by atoms with E-state index in [-0.39, 0.29) is 5.97 Å². The number of carbonyl (C=O) groups excluding carboxylic acids is 1. The van der Waals surface area contributed by atoms with Gasteiger partial charge in [-0.3, -0.25) is 4.68 Å². The van der Waals surface area contributed by atoms with Crippen molar-refractivity contribution in [3.8, 4) is 11.3 Å². The highest BCUT2D eigenvalue weighted by molar-refractivity contribution is 5.88. The molecule has 0 aliphatic heterocycles. The normalized spacial score (nSPS) is 10.2. The molecule has 0 unspecified atom stereocenters. The van der Waals surface area contributed by atoms with Gasteiger partial charge in [-0.15, -0.1) is 0 Å². The zero-order valence-corrected chi connectivity index (χ0v) is 9.88. The monoisotopic (exact) mass is 230 g/mol. The summed E-state index contributed by atoms with van der Waals surface area (Å²) in [6.45, 7) is 2.13. The van der Waals surface area contributed by atoms with Gasteiger partial charge in [0.1, 0.15) is 0 Å². The van der Waals surface area contributed by atoms with Crippen LogP contribution in [0, 0.1) is 0 Å². The highest BCUT2D eigenvalue weighted by atomic mass is 16.5. The first-order valence-electron chi connectivity index (χ1n) is 5.49. The lowest BCUT2D eigenvalue weighted by atomic mass is 10.1. The Hall–Kier alpha value is -2.10. The topological polar surface area (TPSA) is 44.1 Å². The molecule has 0 fully saturated rings. The summed E-state index contributed by atoms with van der Waals surface area (Å²) in [5.41, 5.74) is 2.26. The lowest BCUT2D eigenvalue weighted by Crippen LogP contribution is -2.05. The number of aryl methyl sites for hydroxylation is 1. The van der Waals surface area contributed by atoms with Crippen molar-refractivity contribution in [1.29, 1.82) is 0 Å². The fraction of sp³-hybridized carbons (Fsp3) is 0.231. The molecule has 0 aliphatic rings. The fourth-order valence-corrected chi connectivity index (χ4v) is 1.65. The van der Waals surface area contributed by atoms with Crippen LogP contribution in [0.1, 0.15) is 17.4 Å². The molecule has 0 spiro atoms. The summed E-state index contributed by atoms with van der Waals surface area (Å²) < 4.78 is 6.60. The lowest BCUT2D eigenvalue weighted by Gasteiger charge is -1.99. The van der Waals surface area contributed by atoms with Gasteiger partial charge in [0, 0.05) is 7.05 Å². The van der Waals surface area contributed by atoms with Crippen LogP contribution in [0.5, 0.6) is 0 Å². The summed E-state index contributed by atoms with van der Waals surface area (Å²) in [7, 11) is 1.81. The average molecular weight is 230 g/mol. The summed E-state index contributed by atoms with van der Waals surface area (Å²) in [6, 6.07) is 11.6. The van der Waals surface area contributed by atoms with Gasteiger partial charge in [0.15, 0.2) is 5.69 Å². The minimum absolute atomic E-state index is 0.341. The third-order valence-electron chi connectivity index (χ3n) is 2.43. The summed E-state index contributed by atoms with van der Waals surface area (Å²) in [5.74, 6) is -0.384. The van der Waals surface area contributed by atoms with Gasteiger partial charge in [0.05, 0.1) is 12.3 Å². The quantitative estimate of drug-likeness (QED) is 0.760. The van der Waals surface area contributed by atoms with E-state index >= 15 is 0 Å². The second-order valence-electron chi connectivity index (χ2n) is 3.62. The lowest BCUT2D eigenvalue weighted by molar-refractivity contribution is 0.0518. The molecule has 1 aromatic heterocycles. The molecule has 4 heteroatoms.